The molecule has 4 N–H and O–H groups in total. The summed E-state index contributed by atoms with van der Waals surface area (Å²) in [4.78, 5) is 30.6. The fourth-order valence-corrected chi connectivity index (χ4v) is 8.23. The quantitative estimate of drug-likeness (QED) is 0.145. The summed E-state index contributed by atoms with van der Waals surface area (Å²) in [6.07, 6.45) is -19.0. The number of hydrogen-bond acceptors (Lipinski definition) is 7. The molecule has 1 fully saturated rings. The molecule has 4 atom stereocenters. The number of halogens is 10. The third kappa shape index (κ3) is 7.36. The fourth-order valence-electron chi connectivity index (χ4n) is 7.01. The minimum atomic E-state index is -6.11. The smallest absolute Gasteiger partial charge is 0.416 e. The van der Waals surface area contributed by atoms with Gasteiger partial charge in [0.1, 0.15) is 17.2 Å². The Balaban J connectivity index is 1.60. The molecule has 0 aliphatic heterocycles. The van der Waals surface area contributed by atoms with Crippen molar-refractivity contribution in [3.05, 3.63) is 83.4 Å². The monoisotopic (exact) mass is 827 g/mol. The zero-order valence-corrected chi connectivity index (χ0v) is 29.9. The van der Waals surface area contributed by atoms with Crippen molar-refractivity contribution in [1.82, 2.24) is 14.9 Å². The van der Waals surface area contributed by atoms with Gasteiger partial charge in [-0.25, -0.2) is 17.8 Å². The van der Waals surface area contributed by atoms with Crippen LogP contribution in [0.3, 0.4) is 0 Å². The van der Waals surface area contributed by atoms with Gasteiger partial charge in [-0.05, 0) is 73.9 Å². The van der Waals surface area contributed by atoms with Crippen molar-refractivity contribution in [2.75, 3.05) is 23.2 Å². The SMILES string of the molecule is Cc1nc2cc(S(=O)(=O)N(C)c3ccc([C@]4(O)C[C@@H](NCC(F)(F)F)C[C@@H](C(=O)Nc5ccc(C(F)(F)F)cc5F)[C@]4(C(=O)O)C(F)(F)F)cc3)ccc2n1C. The molecule has 1 aliphatic rings. The number of aromatic nitrogens is 2. The van der Waals surface area contributed by atoms with Gasteiger partial charge in [-0.2, -0.15) is 39.5 Å². The third-order valence-electron chi connectivity index (χ3n) is 9.93. The third-order valence-corrected chi connectivity index (χ3v) is 11.7. The lowest BCUT2D eigenvalue weighted by Crippen LogP contribution is -2.70. The van der Waals surface area contributed by atoms with E-state index in [1.807, 2.05) is 5.32 Å². The number of rotatable bonds is 9. The van der Waals surface area contributed by atoms with Crippen LogP contribution in [0.15, 0.2) is 65.6 Å². The minimum absolute atomic E-state index is 0.106. The van der Waals surface area contributed by atoms with Crippen LogP contribution in [0.1, 0.15) is 29.8 Å². The van der Waals surface area contributed by atoms with Gasteiger partial charge in [-0.1, -0.05) is 12.1 Å². The largest absolute Gasteiger partial charge is 0.480 e. The van der Waals surface area contributed by atoms with Crippen LogP contribution in [0.4, 0.5) is 55.3 Å². The normalized spacial score (nSPS) is 22.2. The number of nitrogens with zero attached hydrogens (tertiary/aromatic N) is 3. The summed E-state index contributed by atoms with van der Waals surface area (Å²) >= 11 is 0. The lowest BCUT2D eigenvalue weighted by molar-refractivity contribution is -0.311. The highest BCUT2D eigenvalue weighted by Gasteiger charge is 2.78. The Morgan fingerprint density at radius 2 is 1.61 bits per heavy atom. The number of carboxylic acid groups (broad SMARTS) is 1. The van der Waals surface area contributed by atoms with Crippen molar-refractivity contribution in [1.29, 1.82) is 0 Å². The van der Waals surface area contributed by atoms with Crippen LogP contribution in [-0.4, -0.2) is 72.0 Å². The first-order valence-electron chi connectivity index (χ1n) is 16.2. The standard InChI is InChI=1S/C34H31F10N5O6S/c1-17-46-26-14-22(9-11-27(26)48(17)2)56(54,55)49(3)21-7-4-18(5-8-21)30(53)15-20(45-16-31(36,37)38)13-23(32(30,29(51)52)34(42,43)44)28(50)47-25-10-6-19(12-24(25)35)33(39,40)41/h4-12,14,20,23,45,53H,13,15-16H2,1-3H3,(H,47,50)(H,51,52)/t20-,23-,30+,32+/m0/s1. The number of carbonyl (C=O) groups excluding carboxylic acids is 1. The van der Waals surface area contributed by atoms with Gasteiger partial charge in [-0.15, -0.1) is 0 Å². The molecule has 11 nitrogen and oxygen atoms in total. The van der Waals surface area contributed by atoms with E-state index in [1.165, 1.54) is 18.2 Å². The van der Waals surface area contributed by atoms with E-state index < -0.39 is 105 Å². The first-order chi connectivity index (χ1) is 25.6. The average molecular weight is 828 g/mol. The van der Waals surface area contributed by atoms with E-state index in [0.29, 0.717) is 39.4 Å². The highest BCUT2D eigenvalue weighted by molar-refractivity contribution is 7.92. The highest BCUT2D eigenvalue weighted by Crippen LogP contribution is 2.62. The second-order valence-corrected chi connectivity index (χ2v) is 15.2. The Bertz CT molecular complexity index is 2280. The average Bonchev–Trinajstić information content (AvgIpc) is 3.37. The molecule has 1 heterocycles. The number of aryl methyl sites for hydroxylation is 2. The number of anilines is 2. The molecule has 1 saturated carbocycles. The van der Waals surface area contributed by atoms with Crippen molar-refractivity contribution in [3.63, 3.8) is 0 Å². The number of sulfonamides is 1. The van der Waals surface area contributed by atoms with E-state index >= 15 is 13.2 Å². The van der Waals surface area contributed by atoms with Gasteiger partial charge in [0.2, 0.25) is 11.3 Å². The molecule has 0 bridgehead atoms. The van der Waals surface area contributed by atoms with E-state index in [1.54, 1.807) is 23.9 Å². The molecular formula is C34H31F10N5O6S. The second-order valence-electron chi connectivity index (χ2n) is 13.2. The molecule has 56 heavy (non-hydrogen) atoms. The van der Waals surface area contributed by atoms with Crippen LogP contribution in [0.2, 0.25) is 0 Å². The molecule has 0 radical (unpaired) electrons. The number of aliphatic carboxylic acids is 1. The number of amides is 1. The summed E-state index contributed by atoms with van der Waals surface area (Å²) in [5, 5.41) is 25.9. The molecule has 0 spiro atoms. The molecule has 1 aliphatic carbocycles. The molecular weight excluding hydrogens is 796 g/mol. The summed E-state index contributed by atoms with van der Waals surface area (Å²) in [5.74, 6) is -9.18. The number of nitrogens with one attached hydrogen (secondary N) is 2. The Labute approximate surface area is 311 Å². The molecule has 304 valence electrons. The van der Waals surface area contributed by atoms with Crippen LogP contribution in [0.25, 0.3) is 11.0 Å². The van der Waals surface area contributed by atoms with Gasteiger partial charge in [0.25, 0.3) is 10.0 Å². The number of carbonyl (C=O) groups is 2. The molecule has 1 amide bonds. The number of imidazole rings is 1. The van der Waals surface area contributed by atoms with Gasteiger partial charge in [0.15, 0.2) is 0 Å². The molecule has 0 unspecified atom stereocenters. The van der Waals surface area contributed by atoms with Gasteiger partial charge in [0, 0.05) is 20.1 Å². The van der Waals surface area contributed by atoms with E-state index in [2.05, 4.69) is 4.98 Å². The topological polar surface area (TPSA) is 154 Å². The number of alkyl halides is 9. The van der Waals surface area contributed by atoms with Crippen molar-refractivity contribution in [3.8, 4) is 0 Å². The van der Waals surface area contributed by atoms with Crippen molar-refractivity contribution in [2.45, 2.75) is 54.8 Å². The minimum Gasteiger partial charge on any atom is -0.480 e. The van der Waals surface area contributed by atoms with Gasteiger partial charge >= 0.3 is 24.5 Å². The zero-order chi connectivity index (χ0) is 42.0. The van der Waals surface area contributed by atoms with Crippen LogP contribution in [-0.2, 0) is 38.4 Å². The summed E-state index contributed by atoms with van der Waals surface area (Å²) in [6.45, 7) is -0.199. The molecule has 1 aromatic heterocycles. The van der Waals surface area contributed by atoms with E-state index in [0.717, 1.165) is 19.2 Å². The number of aliphatic hydroxyl groups is 1. The number of benzene rings is 3. The highest BCUT2D eigenvalue weighted by atomic mass is 32.2. The Morgan fingerprint density at radius 3 is 2.14 bits per heavy atom. The van der Waals surface area contributed by atoms with Gasteiger partial charge in [-0.3, -0.25) is 13.9 Å². The number of fused-ring (bicyclic) bond motifs is 1. The lowest BCUT2D eigenvalue weighted by atomic mass is 9.53. The van der Waals surface area contributed by atoms with E-state index in [4.69, 9.17) is 0 Å². The predicted octanol–water partition coefficient (Wildman–Crippen LogP) is 6.25. The summed E-state index contributed by atoms with van der Waals surface area (Å²) in [5.41, 5.74) is -11.3. The predicted molar refractivity (Wildman–Crippen MR) is 178 cm³/mol. The number of hydrogen-bond donors (Lipinski definition) is 4. The van der Waals surface area contributed by atoms with Crippen LogP contribution >= 0.6 is 0 Å². The van der Waals surface area contributed by atoms with Gasteiger partial charge < -0.3 is 25.4 Å². The molecule has 3 aromatic carbocycles. The molecule has 5 rings (SSSR count). The van der Waals surface area contributed by atoms with Crippen LogP contribution < -0.4 is 14.9 Å². The Hall–Kier alpha value is -4.96. The van der Waals surface area contributed by atoms with E-state index in [9.17, 15) is 59.0 Å². The molecule has 0 saturated heterocycles. The first kappa shape index (κ1) is 42.2. The maximum Gasteiger partial charge on any atom is 0.416 e. The number of carboxylic acids is 1. The van der Waals surface area contributed by atoms with E-state index in [-0.39, 0.29) is 22.7 Å². The second kappa shape index (κ2) is 14.2. The zero-order valence-electron chi connectivity index (χ0n) is 29.1. The van der Waals surface area contributed by atoms with Gasteiger partial charge in [0.05, 0.1) is 45.3 Å². The van der Waals surface area contributed by atoms with Crippen LogP contribution in [0.5, 0.6) is 0 Å². The molecule has 4 aromatic rings. The van der Waals surface area contributed by atoms with Crippen molar-refractivity contribution in [2.24, 2.45) is 18.4 Å². The van der Waals surface area contributed by atoms with Crippen molar-refractivity contribution < 1.29 is 72.1 Å². The maximum absolute atomic E-state index is 15.4. The van der Waals surface area contributed by atoms with Crippen molar-refractivity contribution >= 4 is 44.3 Å². The van der Waals surface area contributed by atoms with Crippen LogP contribution in [0, 0.1) is 24.1 Å². The molecule has 22 heteroatoms. The summed E-state index contributed by atoms with van der Waals surface area (Å²) < 4.78 is 170. The summed E-state index contributed by atoms with van der Waals surface area (Å²) in [7, 11) is -1.64. The first-order valence-corrected chi connectivity index (χ1v) is 17.6. The summed E-state index contributed by atoms with van der Waals surface area (Å²) in [6, 6.07) is 5.80. The Kier molecular flexibility index (Phi) is 10.7. The lowest BCUT2D eigenvalue weighted by Gasteiger charge is -2.54. The maximum atomic E-state index is 15.4. The fraction of sp³-hybridized carbons (Fsp3) is 0.382. The Morgan fingerprint density at radius 1 is 0.982 bits per heavy atom.